The number of nitrogens with zero attached hydrogens (tertiary/aromatic N) is 2. The number of hydrogen-bond donors (Lipinski definition) is 3. The van der Waals surface area contributed by atoms with E-state index in [1.54, 1.807) is 6.92 Å². The molecule has 1 aromatic heterocycles. The van der Waals surface area contributed by atoms with Crippen molar-refractivity contribution in [2.24, 2.45) is 0 Å². The van der Waals surface area contributed by atoms with Crippen molar-refractivity contribution < 1.29 is 36.2 Å². The van der Waals surface area contributed by atoms with Gasteiger partial charge in [-0.05, 0) is 19.1 Å². The number of anilines is 3. The predicted molar refractivity (Wildman–Crippen MR) is 104 cm³/mol. The van der Waals surface area contributed by atoms with E-state index in [0.29, 0.717) is 12.1 Å². The zero-order chi connectivity index (χ0) is 23.5. The summed E-state index contributed by atoms with van der Waals surface area (Å²) in [7, 11) is 0. The van der Waals surface area contributed by atoms with E-state index < -0.39 is 41.3 Å². The van der Waals surface area contributed by atoms with Crippen LogP contribution < -0.4 is 15.4 Å². The van der Waals surface area contributed by atoms with Gasteiger partial charge in [0, 0.05) is 29.8 Å². The Labute approximate surface area is 177 Å². The normalized spacial score (nSPS) is 12.4. The number of hydrogen-bond acceptors (Lipinski definition) is 6. The standard InChI is InChI=1S/C20H16F6N4O2/c1-10(9-31)27-19-28-16(11-3-2-4-13(5-11)32-20(24,25)26)8-17(30-19)29-18-14(22)6-12(21)7-15(18)23/h2-8,10,31H,9H2,1H3,(H2,27,28,29,30)/t10-/m1/s1. The number of alkyl halides is 3. The molecule has 0 unspecified atom stereocenters. The van der Waals surface area contributed by atoms with Crippen molar-refractivity contribution >= 4 is 17.5 Å². The van der Waals surface area contributed by atoms with Gasteiger partial charge in [0.05, 0.1) is 12.3 Å². The molecule has 0 amide bonds. The highest BCUT2D eigenvalue weighted by atomic mass is 19.4. The van der Waals surface area contributed by atoms with Crippen molar-refractivity contribution in [3.8, 4) is 17.0 Å². The van der Waals surface area contributed by atoms with Crippen LogP contribution in [0.15, 0.2) is 42.5 Å². The Morgan fingerprint density at radius 2 is 1.72 bits per heavy atom. The van der Waals surface area contributed by atoms with Gasteiger partial charge in [0.15, 0.2) is 11.6 Å². The van der Waals surface area contributed by atoms with E-state index in [9.17, 15) is 31.4 Å². The third kappa shape index (κ3) is 6.00. The minimum atomic E-state index is -4.90. The summed E-state index contributed by atoms with van der Waals surface area (Å²) in [5, 5.41) is 14.4. The molecule has 0 aliphatic carbocycles. The molecular formula is C20H16F6N4O2. The van der Waals surface area contributed by atoms with E-state index in [2.05, 4.69) is 25.3 Å². The molecule has 0 saturated heterocycles. The van der Waals surface area contributed by atoms with Gasteiger partial charge in [0.1, 0.15) is 23.1 Å². The molecule has 3 rings (SSSR count). The Balaban J connectivity index is 2.03. The van der Waals surface area contributed by atoms with Crippen LogP contribution in [0.2, 0.25) is 0 Å². The third-order valence-corrected chi connectivity index (χ3v) is 4.00. The molecule has 0 aliphatic rings. The van der Waals surface area contributed by atoms with Crippen LogP contribution in [0.4, 0.5) is 43.8 Å². The molecule has 3 aromatic rings. The molecule has 170 valence electrons. The van der Waals surface area contributed by atoms with Crippen molar-refractivity contribution in [1.29, 1.82) is 0 Å². The highest BCUT2D eigenvalue weighted by Crippen LogP contribution is 2.30. The monoisotopic (exact) mass is 458 g/mol. The van der Waals surface area contributed by atoms with Crippen LogP contribution in [-0.4, -0.2) is 34.1 Å². The van der Waals surface area contributed by atoms with Crippen LogP contribution in [0.5, 0.6) is 5.75 Å². The number of aliphatic hydroxyl groups is 1. The quantitative estimate of drug-likeness (QED) is 0.433. The number of halogens is 6. The Bertz CT molecular complexity index is 1090. The fraction of sp³-hybridized carbons (Fsp3) is 0.200. The zero-order valence-electron chi connectivity index (χ0n) is 16.3. The molecule has 0 fully saturated rings. The first kappa shape index (κ1) is 23.1. The smallest absolute Gasteiger partial charge is 0.406 e. The van der Waals surface area contributed by atoms with E-state index in [1.807, 2.05) is 0 Å². The van der Waals surface area contributed by atoms with Crippen LogP contribution in [0.25, 0.3) is 11.3 Å². The van der Waals surface area contributed by atoms with Crippen molar-refractivity contribution in [1.82, 2.24) is 9.97 Å². The number of ether oxygens (including phenoxy) is 1. The van der Waals surface area contributed by atoms with E-state index in [4.69, 9.17) is 0 Å². The average molecular weight is 458 g/mol. The summed E-state index contributed by atoms with van der Waals surface area (Å²) in [6.45, 7) is 1.30. The minimum absolute atomic E-state index is 0.0747. The van der Waals surface area contributed by atoms with Gasteiger partial charge in [-0.15, -0.1) is 13.2 Å². The maximum absolute atomic E-state index is 14.0. The van der Waals surface area contributed by atoms with Crippen molar-refractivity contribution in [2.75, 3.05) is 17.2 Å². The number of aliphatic hydroxyl groups excluding tert-OH is 1. The first-order chi connectivity index (χ1) is 15.0. The van der Waals surface area contributed by atoms with Gasteiger partial charge in [-0.2, -0.15) is 4.98 Å². The van der Waals surface area contributed by atoms with Crippen LogP contribution in [-0.2, 0) is 0 Å². The summed E-state index contributed by atoms with van der Waals surface area (Å²) in [4.78, 5) is 8.22. The average Bonchev–Trinajstić information content (AvgIpc) is 2.69. The second-order valence-electron chi connectivity index (χ2n) is 6.64. The summed E-state index contributed by atoms with van der Waals surface area (Å²) in [5.74, 6) is -4.29. The highest BCUT2D eigenvalue weighted by Gasteiger charge is 2.31. The Morgan fingerprint density at radius 1 is 1.03 bits per heavy atom. The van der Waals surface area contributed by atoms with Gasteiger partial charge in [-0.25, -0.2) is 18.2 Å². The fourth-order valence-electron chi connectivity index (χ4n) is 2.63. The molecule has 12 heteroatoms. The van der Waals surface area contributed by atoms with Crippen molar-refractivity contribution in [3.63, 3.8) is 0 Å². The molecule has 0 aliphatic heterocycles. The number of benzene rings is 2. The number of nitrogens with one attached hydrogen (secondary N) is 2. The van der Waals surface area contributed by atoms with Gasteiger partial charge in [0.25, 0.3) is 0 Å². The summed E-state index contributed by atoms with van der Waals surface area (Å²) in [6, 6.07) is 6.55. The lowest BCUT2D eigenvalue weighted by molar-refractivity contribution is -0.274. The van der Waals surface area contributed by atoms with Crippen LogP contribution in [0.1, 0.15) is 6.92 Å². The summed E-state index contributed by atoms with van der Waals surface area (Å²) in [5.41, 5.74) is -0.436. The second kappa shape index (κ2) is 9.30. The third-order valence-electron chi connectivity index (χ3n) is 4.00. The second-order valence-corrected chi connectivity index (χ2v) is 6.64. The van der Waals surface area contributed by atoms with Crippen LogP contribution in [0.3, 0.4) is 0 Å². The number of rotatable bonds is 7. The maximum atomic E-state index is 14.0. The van der Waals surface area contributed by atoms with Crippen LogP contribution in [0, 0.1) is 17.5 Å². The lowest BCUT2D eigenvalue weighted by Gasteiger charge is -2.15. The van der Waals surface area contributed by atoms with Crippen molar-refractivity contribution in [3.05, 3.63) is 59.9 Å². The summed E-state index contributed by atoms with van der Waals surface area (Å²) < 4.78 is 82.8. The molecular weight excluding hydrogens is 442 g/mol. The molecule has 3 N–H and O–H groups in total. The minimum Gasteiger partial charge on any atom is -0.406 e. The van der Waals surface area contributed by atoms with Crippen LogP contribution >= 0.6 is 0 Å². The SMILES string of the molecule is C[C@H](CO)Nc1nc(Nc2c(F)cc(F)cc2F)cc(-c2cccc(OC(F)(F)F)c2)n1. The maximum Gasteiger partial charge on any atom is 0.573 e. The van der Waals surface area contributed by atoms with Gasteiger partial charge in [0.2, 0.25) is 5.95 Å². The van der Waals surface area contributed by atoms with E-state index in [0.717, 1.165) is 12.1 Å². The lowest BCUT2D eigenvalue weighted by Crippen LogP contribution is -2.21. The molecule has 0 radical (unpaired) electrons. The lowest BCUT2D eigenvalue weighted by atomic mass is 10.1. The Morgan fingerprint density at radius 3 is 2.34 bits per heavy atom. The van der Waals surface area contributed by atoms with E-state index in [-0.39, 0.29) is 29.6 Å². The molecule has 0 spiro atoms. The van der Waals surface area contributed by atoms with E-state index in [1.165, 1.54) is 18.2 Å². The van der Waals surface area contributed by atoms with Crippen molar-refractivity contribution in [2.45, 2.75) is 19.3 Å². The van der Waals surface area contributed by atoms with E-state index >= 15 is 0 Å². The molecule has 6 nitrogen and oxygen atoms in total. The van der Waals surface area contributed by atoms with Gasteiger partial charge in [-0.1, -0.05) is 12.1 Å². The first-order valence-corrected chi connectivity index (χ1v) is 9.08. The molecule has 1 heterocycles. The largest absolute Gasteiger partial charge is 0.573 e. The predicted octanol–water partition coefficient (Wildman–Crippen LogP) is 5.00. The topological polar surface area (TPSA) is 79.3 Å². The Hall–Kier alpha value is -3.54. The van der Waals surface area contributed by atoms with Gasteiger partial charge >= 0.3 is 6.36 Å². The number of aromatic nitrogens is 2. The molecule has 0 bridgehead atoms. The highest BCUT2D eigenvalue weighted by molar-refractivity contribution is 5.68. The fourth-order valence-corrected chi connectivity index (χ4v) is 2.63. The summed E-state index contributed by atoms with van der Waals surface area (Å²) >= 11 is 0. The van der Waals surface area contributed by atoms with Gasteiger partial charge in [-0.3, -0.25) is 0 Å². The zero-order valence-corrected chi connectivity index (χ0v) is 16.3. The van der Waals surface area contributed by atoms with Gasteiger partial charge < -0.3 is 20.5 Å². The summed E-state index contributed by atoms with van der Waals surface area (Å²) in [6.07, 6.45) is -4.90. The molecule has 0 saturated carbocycles. The molecule has 2 aromatic carbocycles. The first-order valence-electron chi connectivity index (χ1n) is 9.08. The molecule has 1 atom stereocenters. The molecule has 32 heavy (non-hydrogen) atoms. The Kier molecular flexibility index (Phi) is 6.72.